The second kappa shape index (κ2) is 20.3. The molecule has 0 radical (unpaired) electrons. The number of anilines is 6. The number of amides is 6. The van der Waals surface area contributed by atoms with Crippen molar-refractivity contribution in [1.82, 2.24) is 0 Å². The maximum absolute atomic E-state index is 13.4. The van der Waals surface area contributed by atoms with Crippen molar-refractivity contribution in [2.75, 3.05) is 37.7 Å². The lowest BCUT2D eigenvalue weighted by molar-refractivity contribution is 0.147. The van der Waals surface area contributed by atoms with E-state index in [2.05, 4.69) is 44.5 Å². The van der Waals surface area contributed by atoms with E-state index in [1.54, 1.807) is 43.3 Å². The zero-order valence-electron chi connectivity index (χ0n) is 30.7. The lowest BCUT2D eigenvalue weighted by atomic mass is 10.2. The van der Waals surface area contributed by atoms with Gasteiger partial charge < -0.3 is 30.2 Å². The van der Waals surface area contributed by atoms with E-state index in [4.69, 9.17) is 8.92 Å². The fourth-order valence-electron chi connectivity index (χ4n) is 4.82. The molecule has 1 unspecified atom stereocenters. The standard InChI is InChI=1S/C38H44N6O8S3/c1-5-7-21-54-52-38(48)44-33-23-29(12-10-25(33)4)42-36(46)40-27-15-19-31(20-16-27)55(49,50)30-17-13-26(14-18-30)39-35(45)41-28-11-9-24(3)32(22-28)43-37(47)51-34(53)8-6-2/h9-20,22-23,34,53H,5-8,21H2,1-4H3,(H,43,47)(H,44,48)(H2,39,41,45)(H2,40,42,46). The Balaban J connectivity index is 1.30. The molecule has 0 aliphatic carbocycles. The normalized spacial score (nSPS) is 11.4. The van der Waals surface area contributed by atoms with Gasteiger partial charge in [0, 0.05) is 39.9 Å². The van der Waals surface area contributed by atoms with Gasteiger partial charge in [-0.1, -0.05) is 38.8 Å². The van der Waals surface area contributed by atoms with Crippen molar-refractivity contribution < 1.29 is 36.5 Å². The van der Waals surface area contributed by atoms with E-state index in [1.807, 2.05) is 20.8 Å². The minimum Gasteiger partial charge on any atom is -0.435 e. The molecule has 0 aromatic heterocycles. The molecule has 4 aromatic rings. The number of carbonyl (C=O) groups excluding carboxylic acids is 4. The zero-order valence-corrected chi connectivity index (χ0v) is 33.3. The van der Waals surface area contributed by atoms with Gasteiger partial charge in [-0.25, -0.2) is 27.6 Å². The molecule has 0 saturated carbocycles. The highest BCUT2D eigenvalue weighted by molar-refractivity contribution is 7.95. The molecule has 0 aliphatic heterocycles. The molecule has 0 spiro atoms. The van der Waals surface area contributed by atoms with Crippen LogP contribution in [0.25, 0.3) is 0 Å². The molecule has 0 aliphatic rings. The molecule has 0 saturated heterocycles. The zero-order chi connectivity index (χ0) is 40.0. The van der Waals surface area contributed by atoms with Gasteiger partial charge in [0.05, 0.1) is 21.8 Å². The first kappa shape index (κ1) is 42.4. The summed E-state index contributed by atoms with van der Waals surface area (Å²) in [7, 11) is -3.94. The van der Waals surface area contributed by atoms with Gasteiger partial charge in [0.2, 0.25) is 9.84 Å². The molecule has 1 atom stereocenters. The number of sulfone groups is 1. The minimum atomic E-state index is -3.94. The van der Waals surface area contributed by atoms with Gasteiger partial charge in [0.1, 0.15) is 5.44 Å². The molecule has 0 bridgehead atoms. The molecule has 4 rings (SSSR count). The van der Waals surface area contributed by atoms with Crippen LogP contribution in [-0.4, -0.2) is 43.9 Å². The number of hydrogen-bond donors (Lipinski definition) is 7. The first-order valence-corrected chi connectivity index (χ1v) is 20.3. The average molecular weight is 809 g/mol. The lowest BCUT2D eigenvalue weighted by Crippen LogP contribution is -2.21. The predicted molar refractivity (Wildman–Crippen MR) is 221 cm³/mol. The van der Waals surface area contributed by atoms with Crippen LogP contribution in [0.15, 0.2) is 94.7 Å². The molecular formula is C38H44N6O8S3. The summed E-state index contributed by atoms with van der Waals surface area (Å²) in [6.07, 6.45) is 2.05. The lowest BCUT2D eigenvalue weighted by Gasteiger charge is -2.15. The van der Waals surface area contributed by atoms with Crippen LogP contribution in [0.5, 0.6) is 0 Å². The number of carbonyl (C=O) groups is 4. The third-order valence-corrected chi connectivity index (χ3v) is 10.7. The number of aryl methyl sites for hydroxylation is 2. The highest BCUT2D eigenvalue weighted by Gasteiger charge is 2.19. The van der Waals surface area contributed by atoms with Crippen molar-refractivity contribution in [3.63, 3.8) is 0 Å². The van der Waals surface area contributed by atoms with Crippen molar-refractivity contribution in [2.45, 2.75) is 68.6 Å². The van der Waals surface area contributed by atoms with Crippen LogP contribution in [0.2, 0.25) is 0 Å². The van der Waals surface area contributed by atoms with Crippen molar-refractivity contribution >= 4 is 92.9 Å². The summed E-state index contributed by atoms with van der Waals surface area (Å²) in [5.41, 5.74) is 3.40. The highest BCUT2D eigenvalue weighted by atomic mass is 32.2. The second-order valence-electron chi connectivity index (χ2n) is 12.2. The van der Waals surface area contributed by atoms with Gasteiger partial charge >= 0.3 is 24.2 Å². The van der Waals surface area contributed by atoms with Crippen LogP contribution >= 0.6 is 24.7 Å². The number of thiol groups is 1. The molecule has 6 N–H and O–H groups in total. The molecule has 4 aromatic carbocycles. The largest absolute Gasteiger partial charge is 0.435 e. The Labute approximate surface area is 330 Å². The summed E-state index contributed by atoms with van der Waals surface area (Å²) in [4.78, 5) is 49.8. The van der Waals surface area contributed by atoms with Gasteiger partial charge in [0.25, 0.3) is 0 Å². The molecule has 0 fully saturated rings. The number of rotatable bonds is 15. The number of benzene rings is 4. The fraction of sp³-hybridized carbons (Fsp3) is 0.263. The van der Waals surface area contributed by atoms with E-state index in [-0.39, 0.29) is 9.79 Å². The van der Waals surface area contributed by atoms with Crippen LogP contribution in [0, 0.1) is 13.8 Å². The Kier molecular flexibility index (Phi) is 15.7. The highest BCUT2D eigenvalue weighted by Crippen LogP contribution is 2.26. The van der Waals surface area contributed by atoms with E-state index in [0.29, 0.717) is 46.3 Å². The Hall–Kier alpha value is -5.39. The Bertz CT molecular complexity index is 2080. The maximum atomic E-state index is 13.4. The number of hydrogen-bond acceptors (Lipinski definition) is 10. The molecule has 6 amide bonds. The summed E-state index contributed by atoms with van der Waals surface area (Å²) < 4.78 is 37.0. The van der Waals surface area contributed by atoms with Crippen LogP contribution in [0.3, 0.4) is 0 Å². The third-order valence-electron chi connectivity index (χ3n) is 7.80. The van der Waals surface area contributed by atoms with E-state index in [9.17, 15) is 27.6 Å². The maximum Gasteiger partial charge on any atom is 0.423 e. The van der Waals surface area contributed by atoms with Crippen molar-refractivity contribution in [3.8, 4) is 0 Å². The molecular weight excluding hydrogens is 765 g/mol. The second-order valence-corrected chi connectivity index (χ2v) is 15.6. The van der Waals surface area contributed by atoms with Gasteiger partial charge in [-0.05, 0) is 111 Å². The van der Waals surface area contributed by atoms with Crippen molar-refractivity contribution in [3.05, 3.63) is 96.1 Å². The van der Waals surface area contributed by atoms with E-state index in [0.717, 1.165) is 42.4 Å². The minimum absolute atomic E-state index is 0.00572. The molecule has 0 heterocycles. The van der Waals surface area contributed by atoms with Crippen LogP contribution in [0.1, 0.15) is 50.7 Å². The topological polar surface area (TPSA) is 193 Å². The Morgan fingerprint density at radius 2 is 1.07 bits per heavy atom. The summed E-state index contributed by atoms with van der Waals surface area (Å²) >= 11 is 5.31. The number of unbranched alkanes of at least 4 members (excludes halogenated alkanes) is 1. The summed E-state index contributed by atoms with van der Waals surface area (Å²) in [5, 5.41) is 16.0. The van der Waals surface area contributed by atoms with Gasteiger partial charge in [0.15, 0.2) is 0 Å². The van der Waals surface area contributed by atoms with Gasteiger partial charge in [-0.15, -0.1) is 12.6 Å². The average Bonchev–Trinajstić information content (AvgIpc) is 3.13. The third kappa shape index (κ3) is 13.2. The summed E-state index contributed by atoms with van der Waals surface area (Å²) in [6.45, 7) is 7.60. The van der Waals surface area contributed by atoms with Gasteiger partial charge in [-0.2, -0.15) is 0 Å². The van der Waals surface area contributed by atoms with Crippen molar-refractivity contribution in [2.24, 2.45) is 0 Å². The monoisotopic (exact) mass is 808 g/mol. The quantitative estimate of drug-likeness (QED) is 0.0265. The number of ether oxygens (including phenoxy) is 1. The molecule has 14 nitrogen and oxygen atoms in total. The SMILES string of the molecule is CCCCSOC(=O)Nc1cc(NC(=O)Nc2ccc(S(=O)(=O)c3ccc(NC(=O)Nc4ccc(C)c(NC(=O)OC(S)CCC)c4)cc3)cc2)ccc1C. The summed E-state index contributed by atoms with van der Waals surface area (Å²) in [5.74, 6) is 0.696. The van der Waals surface area contributed by atoms with Crippen LogP contribution in [-0.2, 0) is 18.8 Å². The Morgan fingerprint density at radius 1 is 0.636 bits per heavy atom. The van der Waals surface area contributed by atoms with E-state index >= 15 is 0 Å². The Morgan fingerprint density at radius 3 is 1.53 bits per heavy atom. The molecule has 292 valence electrons. The predicted octanol–water partition coefficient (Wildman–Crippen LogP) is 10.0. The molecule has 17 heteroatoms. The smallest absolute Gasteiger partial charge is 0.423 e. The molecule has 55 heavy (non-hydrogen) atoms. The summed E-state index contributed by atoms with van der Waals surface area (Å²) in [6, 6.07) is 20.1. The first-order valence-electron chi connectivity index (χ1n) is 17.4. The van der Waals surface area contributed by atoms with Crippen molar-refractivity contribution in [1.29, 1.82) is 0 Å². The van der Waals surface area contributed by atoms with E-state index in [1.165, 1.54) is 48.5 Å². The number of urea groups is 2. The fourth-order valence-corrected chi connectivity index (χ4v) is 7.08. The van der Waals surface area contributed by atoms with Crippen LogP contribution in [0.4, 0.5) is 53.3 Å². The number of nitrogens with one attached hydrogen (secondary N) is 6. The van der Waals surface area contributed by atoms with Gasteiger partial charge in [-0.3, -0.25) is 10.6 Å². The van der Waals surface area contributed by atoms with E-state index < -0.39 is 39.5 Å². The first-order chi connectivity index (χ1) is 26.3. The van der Waals surface area contributed by atoms with Crippen LogP contribution < -0.4 is 31.9 Å².